The molecule has 0 saturated carbocycles. The first kappa shape index (κ1) is 16.4. The first-order valence-corrected chi connectivity index (χ1v) is 8.16. The van der Waals surface area contributed by atoms with Gasteiger partial charge in [-0.3, -0.25) is 0 Å². The molecule has 0 aromatic heterocycles. The summed E-state index contributed by atoms with van der Waals surface area (Å²) in [5.41, 5.74) is 5.98. The smallest absolute Gasteiger partial charge is 0.243 e. The van der Waals surface area contributed by atoms with Crippen LogP contribution in [0.15, 0.2) is 23.1 Å². The summed E-state index contributed by atoms with van der Waals surface area (Å²) in [5, 5.41) is 0.251. The van der Waals surface area contributed by atoms with Gasteiger partial charge in [-0.05, 0) is 24.6 Å². The van der Waals surface area contributed by atoms with Crippen molar-refractivity contribution < 1.29 is 8.42 Å². The molecule has 0 aliphatic rings. The van der Waals surface area contributed by atoms with Crippen molar-refractivity contribution in [2.45, 2.75) is 25.2 Å². The molecule has 1 aromatic rings. The monoisotopic (exact) mass is 320 g/mol. The Balaban J connectivity index is 3.22. The van der Waals surface area contributed by atoms with Gasteiger partial charge in [0.15, 0.2) is 0 Å². The van der Waals surface area contributed by atoms with Crippen LogP contribution < -0.4 is 5.73 Å². The Morgan fingerprint density at radius 3 is 2.47 bits per heavy atom. The number of sulfonamides is 1. The average molecular weight is 321 g/mol. The lowest BCUT2D eigenvalue weighted by molar-refractivity contribution is 0.427. The first-order valence-electron chi connectivity index (χ1n) is 5.94. The van der Waals surface area contributed by atoms with Gasteiger partial charge in [0.2, 0.25) is 10.0 Å². The minimum absolute atomic E-state index is 0.148. The molecule has 0 aliphatic heterocycles. The van der Waals surface area contributed by atoms with Gasteiger partial charge in [-0.25, -0.2) is 8.42 Å². The lowest BCUT2D eigenvalue weighted by Gasteiger charge is -2.20. The van der Waals surface area contributed by atoms with Gasteiger partial charge in [0, 0.05) is 18.7 Å². The fourth-order valence-corrected chi connectivity index (χ4v) is 3.85. The number of hydrogen-bond donors (Lipinski definition) is 1. The summed E-state index contributed by atoms with van der Waals surface area (Å²) in [6, 6.07) is 4.41. The normalized spacial score (nSPS) is 11.8. The molecule has 0 fully saturated rings. The maximum atomic E-state index is 12.4. The van der Waals surface area contributed by atoms with Gasteiger partial charge in [-0.1, -0.05) is 37.7 Å². The van der Waals surface area contributed by atoms with E-state index in [1.807, 2.05) is 6.92 Å². The summed E-state index contributed by atoms with van der Waals surface area (Å²) >= 11 is 10.8. The van der Waals surface area contributed by atoms with Crippen molar-refractivity contribution in [2.24, 2.45) is 5.73 Å². The zero-order chi connectivity index (χ0) is 14.6. The van der Waals surface area contributed by atoms with Crippen LogP contribution in [0.1, 0.15) is 25.8 Å². The van der Waals surface area contributed by atoms with E-state index in [1.54, 1.807) is 6.92 Å². The van der Waals surface area contributed by atoms with Crippen LogP contribution in [0.2, 0.25) is 5.02 Å². The highest BCUT2D eigenvalue weighted by molar-refractivity contribution is 7.89. The molecule has 0 heterocycles. The van der Waals surface area contributed by atoms with Crippen LogP contribution in [-0.4, -0.2) is 30.8 Å². The predicted octanol–water partition coefficient (Wildman–Crippen LogP) is 2.39. The van der Waals surface area contributed by atoms with Crippen LogP contribution in [0.5, 0.6) is 0 Å². The molecule has 106 valence electrons. The highest BCUT2D eigenvalue weighted by Gasteiger charge is 2.23. The van der Waals surface area contributed by atoms with Gasteiger partial charge in [-0.2, -0.15) is 4.31 Å². The molecule has 0 unspecified atom stereocenters. The van der Waals surface area contributed by atoms with E-state index in [9.17, 15) is 8.42 Å². The first-order chi connectivity index (χ1) is 8.84. The molecule has 19 heavy (non-hydrogen) atoms. The predicted molar refractivity (Wildman–Crippen MR) is 82.1 cm³/mol. The summed E-state index contributed by atoms with van der Waals surface area (Å²) in [6.45, 7) is 4.64. The quantitative estimate of drug-likeness (QED) is 0.817. The molecule has 0 radical (unpaired) electrons. The molecule has 0 aliphatic carbocycles. The second-order valence-corrected chi connectivity index (χ2v) is 6.79. The molecular weight excluding hydrogens is 304 g/mol. The summed E-state index contributed by atoms with van der Waals surface area (Å²) < 4.78 is 26.2. The van der Waals surface area contributed by atoms with Crippen LogP contribution in [0, 0.1) is 0 Å². The van der Waals surface area contributed by atoms with Crippen LogP contribution >= 0.6 is 23.8 Å². The molecule has 0 saturated heterocycles. The van der Waals surface area contributed by atoms with Crippen LogP contribution in [0.3, 0.4) is 0 Å². The molecule has 0 spiro atoms. The van der Waals surface area contributed by atoms with Gasteiger partial charge in [0.25, 0.3) is 0 Å². The van der Waals surface area contributed by atoms with Crippen molar-refractivity contribution in [2.75, 3.05) is 13.1 Å². The highest BCUT2D eigenvalue weighted by Crippen LogP contribution is 2.23. The standard InChI is InChI=1S/C12H17ClN2O2S2/c1-3-7-15(4-2)19(16,17)9-5-6-10(12(14)18)11(13)8-9/h5-6,8H,3-4,7H2,1-2H3,(H2,14,18). The highest BCUT2D eigenvalue weighted by atomic mass is 35.5. The van der Waals surface area contributed by atoms with E-state index in [0.717, 1.165) is 6.42 Å². The van der Waals surface area contributed by atoms with Gasteiger partial charge < -0.3 is 5.73 Å². The maximum Gasteiger partial charge on any atom is 0.243 e. The van der Waals surface area contributed by atoms with Crippen LogP contribution in [-0.2, 0) is 10.0 Å². The fraction of sp³-hybridized carbons (Fsp3) is 0.417. The van der Waals surface area contributed by atoms with E-state index in [2.05, 4.69) is 0 Å². The number of nitrogens with zero attached hydrogens (tertiary/aromatic N) is 1. The number of hydrogen-bond acceptors (Lipinski definition) is 3. The summed E-state index contributed by atoms with van der Waals surface area (Å²) in [4.78, 5) is 0.308. The minimum atomic E-state index is -3.51. The second kappa shape index (κ2) is 6.65. The van der Waals surface area contributed by atoms with E-state index in [1.165, 1.54) is 22.5 Å². The Morgan fingerprint density at radius 1 is 1.42 bits per heavy atom. The molecule has 1 aromatic carbocycles. The van der Waals surface area contributed by atoms with Crippen molar-refractivity contribution in [3.63, 3.8) is 0 Å². The van der Waals surface area contributed by atoms with Crippen molar-refractivity contribution >= 4 is 38.8 Å². The van der Waals surface area contributed by atoms with E-state index in [-0.39, 0.29) is 14.9 Å². The molecular formula is C12H17ClN2O2S2. The van der Waals surface area contributed by atoms with E-state index in [0.29, 0.717) is 18.7 Å². The molecule has 0 amide bonds. The van der Waals surface area contributed by atoms with Gasteiger partial charge >= 0.3 is 0 Å². The fourth-order valence-electron chi connectivity index (χ4n) is 1.70. The zero-order valence-corrected chi connectivity index (χ0v) is 13.3. The van der Waals surface area contributed by atoms with Crippen LogP contribution in [0.4, 0.5) is 0 Å². The third-order valence-electron chi connectivity index (χ3n) is 2.67. The maximum absolute atomic E-state index is 12.4. The topological polar surface area (TPSA) is 63.4 Å². The summed E-state index contributed by atoms with van der Waals surface area (Å²) in [7, 11) is -3.51. The number of rotatable bonds is 6. The lowest BCUT2D eigenvalue weighted by atomic mass is 10.2. The summed E-state index contributed by atoms with van der Waals surface area (Å²) in [5.74, 6) is 0. The Bertz CT molecular complexity index is 573. The molecule has 2 N–H and O–H groups in total. The second-order valence-electron chi connectivity index (χ2n) is 4.00. The minimum Gasteiger partial charge on any atom is -0.389 e. The average Bonchev–Trinajstić information content (AvgIpc) is 2.34. The van der Waals surface area contributed by atoms with E-state index in [4.69, 9.17) is 29.6 Å². The summed E-state index contributed by atoms with van der Waals surface area (Å²) in [6.07, 6.45) is 0.756. The Kier molecular flexibility index (Phi) is 5.73. The largest absolute Gasteiger partial charge is 0.389 e. The lowest BCUT2D eigenvalue weighted by Crippen LogP contribution is -2.31. The number of thiocarbonyl (C=S) groups is 1. The Morgan fingerprint density at radius 2 is 2.05 bits per heavy atom. The van der Waals surface area contributed by atoms with Crippen molar-refractivity contribution in [1.29, 1.82) is 0 Å². The third-order valence-corrected chi connectivity index (χ3v) is 5.17. The number of benzene rings is 1. The SMILES string of the molecule is CCCN(CC)S(=O)(=O)c1ccc(C(N)=S)c(Cl)c1. The third kappa shape index (κ3) is 3.66. The molecule has 0 bridgehead atoms. The van der Waals surface area contributed by atoms with Crippen LogP contribution in [0.25, 0.3) is 0 Å². The number of halogens is 1. The van der Waals surface area contributed by atoms with Gasteiger partial charge in [0.05, 0.1) is 9.92 Å². The molecule has 7 heteroatoms. The Labute approximate surface area is 124 Å². The van der Waals surface area contributed by atoms with Crippen molar-refractivity contribution in [1.82, 2.24) is 4.31 Å². The van der Waals surface area contributed by atoms with Gasteiger partial charge in [0.1, 0.15) is 4.99 Å². The van der Waals surface area contributed by atoms with Crippen molar-refractivity contribution in [3.05, 3.63) is 28.8 Å². The molecule has 0 atom stereocenters. The van der Waals surface area contributed by atoms with E-state index >= 15 is 0 Å². The Hall–Kier alpha value is -0.690. The van der Waals surface area contributed by atoms with E-state index < -0.39 is 10.0 Å². The number of nitrogens with two attached hydrogens (primary N) is 1. The van der Waals surface area contributed by atoms with Gasteiger partial charge in [-0.15, -0.1) is 0 Å². The zero-order valence-electron chi connectivity index (χ0n) is 10.9. The van der Waals surface area contributed by atoms with Crippen molar-refractivity contribution in [3.8, 4) is 0 Å². The molecule has 1 rings (SSSR count). The molecule has 4 nitrogen and oxygen atoms in total.